The molecular formula is C14H13BrFN3O. The van der Waals surface area contributed by atoms with Gasteiger partial charge in [-0.15, -0.1) is 0 Å². The Morgan fingerprint density at radius 3 is 2.60 bits per heavy atom. The van der Waals surface area contributed by atoms with E-state index in [1.54, 1.807) is 13.8 Å². The molecule has 4 nitrogen and oxygen atoms in total. The number of rotatable bonds is 2. The molecule has 0 fully saturated rings. The lowest BCUT2D eigenvalue weighted by Crippen LogP contribution is -2.17. The Hall–Kier alpha value is -1.82. The van der Waals surface area contributed by atoms with Crippen LogP contribution in [0, 0.1) is 26.6 Å². The summed E-state index contributed by atoms with van der Waals surface area (Å²) in [7, 11) is 0. The van der Waals surface area contributed by atoms with Crippen molar-refractivity contribution in [2.75, 3.05) is 5.32 Å². The van der Waals surface area contributed by atoms with Crippen LogP contribution in [0.5, 0.6) is 0 Å². The summed E-state index contributed by atoms with van der Waals surface area (Å²) in [6, 6.07) is 4.53. The molecule has 0 saturated carbocycles. The van der Waals surface area contributed by atoms with Crippen LogP contribution >= 0.6 is 15.9 Å². The molecule has 104 valence electrons. The second-order valence-corrected chi connectivity index (χ2v) is 5.29. The van der Waals surface area contributed by atoms with Crippen molar-refractivity contribution >= 4 is 27.7 Å². The first-order chi connectivity index (χ1) is 9.38. The number of nitrogens with zero attached hydrogens (tertiary/aromatic N) is 2. The average Bonchev–Trinajstić information content (AvgIpc) is 2.38. The average molecular weight is 338 g/mol. The monoisotopic (exact) mass is 337 g/mol. The molecule has 1 amide bonds. The molecule has 0 radical (unpaired) electrons. The van der Waals surface area contributed by atoms with Gasteiger partial charge in [-0.1, -0.05) is 15.9 Å². The van der Waals surface area contributed by atoms with Gasteiger partial charge in [0.2, 0.25) is 0 Å². The van der Waals surface area contributed by atoms with E-state index in [-0.39, 0.29) is 11.6 Å². The molecule has 0 saturated heterocycles. The lowest BCUT2D eigenvalue weighted by molar-refractivity contribution is 0.102. The van der Waals surface area contributed by atoms with Crippen molar-refractivity contribution in [2.24, 2.45) is 0 Å². The lowest BCUT2D eigenvalue weighted by atomic mass is 10.2. The van der Waals surface area contributed by atoms with Gasteiger partial charge in [-0.05, 0) is 44.5 Å². The summed E-state index contributed by atoms with van der Waals surface area (Å²) in [6.07, 6.45) is 0. The highest BCUT2D eigenvalue weighted by Crippen LogP contribution is 2.20. The predicted octanol–water partition coefficient (Wildman–Crippen LogP) is 3.56. The van der Waals surface area contributed by atoms with Crippen molar-refractivity contribution in [1.82, 2.24) is 9.97 Å². The molecule has 2 aromatic rings. The molecule has 2 rings (SSSR count). The third kappa shape index (κ3) is 3.01. The Morgan fingerprint density at radius 2 is 1.95 bits per heavy atom. The standard InChI is InChI=1S/C14H13BrFN3O/c1-7-6-10(15)8(2)13(17-7)14(20)19-12-5-4-11(16)9(3)18-12/h4-6H,1-3H3,(H,18,19,20). The van der Waals surface area contributed by atoms with Crippen molar-refractivity contribution in [3.05, 3.63) is 51.1 Å². The normalized spacial score (nSPS) is 10.4. The van der Waals surface area contributed by atoms with Gasteiger partial charge in [-0.3, -0.25) is 4.79 Å². The molecule has 1 N–H and O–H groups in total. The second-order valence-electron chi connectivity index (χ2n) is 4.44. The smallest absolute Gasteiger partial charge is 0.275 e. The van der Waals surface area contributed by atoms with Crippen molar-refractivity contribution < 1.29 is 9.18 Å². The zero-order valence-corrected chi connectivity index (χ0v) is 12.9. The molecule has 0 bridgehead atoms. The number of amides is 1. The van der Waals surface area contributed by atoms with E-state index in [2.05, 4.69) is 31.2 Å². The summed E-state index contributed by atoms with van der Waals surface area (Å²) in [5, 5.41) is 2.62. The van der Waals surface area contributed by atoms with Crippen LogP contribution in [-0.2, 0) is 0 Å². The van der Waals surface area contributed by atoms with Crippen LogP contribution in [0.25, 0.3) is 0 Å². The zero-order chi connectivity index (χ0) is 14.9. The molecule has 2 aromatic heterocycles. The molecule has 6 heteroatoms. The fourth-order valence-corrected chi connectivity index (χ4v) is 2.23. The topological polar surface area (TPSA) is 54.9 Å². The summed E-state index contributed by atoms with van der Waals surface area (Å²) < 4.78 is 14.0. The minimum absolute atomic E-state index is 0.234. The Kier molecular flexibility index (Phi) is 4.13. The molecule has 0 atom stereocenters. The first-order valence-corrected chi connectivity index (χ1v) is 6.76. The minimum atomic E-state index is -0.407. The van der Waals surface area contributed by atoms with Gasteiger partial charge in [0.15, 0.2) is 0 Å². The number of carbonyl (C=O) groups excluding carboxylic acids is 1. The van der Waals surface area contributed by atoms with Crippen LogP contribution in [-0.4, -0.2) is 15.9 Å². The van der Waals surface area contributed by atoms with Crippen LogP contribution in [0.15, 0.2) is 22.7 Å². The van der Waals surface area contributed by atoms with Crippen molar-refractivity contribution in [3.63, 3.8) is 0 Å². The fraction of sp³-hybridized carbons (Fsp3) is 0.214. The SMILES string of the molecule is Cc1cc(Br)c(C)c(C(=O)Nc2ccc(F)c(C)n2)n1. The predicted molar refractivity (Wildman–Crippen MR) is 78.3 cm³/mol. The first-order valence-electron chi connectivity index (χ1n) is 5.96. The highest BCUT2D eigenvalue weighted by molar-refractivity contribution is 9.10. The largest absolute Gasteiger partial charge is 0.305 e. The molecule has 0 aliphatic heterocycles. The summed E-state index contributed by atoms with van der Waals surface area (Å²) in [5.41, 5.74) is 2.03. The van der Waals surface area contributed by atoms with Crippen LogP contribution in [0.3, 0.4) is 0 Å². The highest BCUT2D eigenvalue weighted by Gasteiger charge is 2.15. The fourth-order valence-electron chi connectivity index (χ4n) is 1.71. The Balaban J connectivity index is 2.30. The van der Waals surface area contributed by atoms with Gasteiger partial charge in [-0.2, -0.15) is 0 Å². The zero-order valence-electron chi connectivity index (χ0n) is 11.3. The Labute approximate surface area is 124 Å². The highest BCUT2D eigenvalue weighted by atomic mass is 79.9. The molecule has 2 heterocycles. The molecule has 0 aliphatic rings. The van der Waals surface area contributed by atoms with E-state index in [0.29, 0.717) is 11.5 Å². The lowest BCUT2D eigenvalue weighted by Gasteiger charge is -2.09. The quantitative estimate of drug-likeness (QED) is 0.911. The van der Waals surface area contributed by atoms with Gasteiger partial charge in [-0.25, -0.2) is 14.4 Å². The van der Waals surface area contributed by atoms with E-state index in [1.807, 2.05) is 6.07 Å². The van der Waals surface area contributed by atoms with Gasteiger partial charge < -0.3 is 5.32 Å². The summed E-state index contributed by atoms with van der Waals surface area (Å²) in [6.45, 7) is 5.15. The minimum Gasteiger partial charge on any atom is -0.305 e. The molecule has 20 heavy (non-hydrogen) atoms. The maximum Gasteiger partial charge on any atom is 0.275 e. The second kappa shape index (κ2) is 5.66. The number of hydrogen-bond acceptors (Lipinski definition) is 3. The third-order valence-electron chi connectivity index (χ3n) is 2.82. The van der Waals surface area contributed by atoms with Crippen molar-refractivity contribution in [2.45, 2.75) is 20.8 Å². The number of carbonyl (C=O) groups is 1. The van der Waals surface area contributed by atoms with E-state index in [0.717, 1.165) is 15.7 Å². The number of aromatic nitrogens is 2. The van der Waals surface area contributed by atoms with Gasteiger partial charge >= 0.3 is 0 Å². The molecule has 0 aromatic carbocycles. The van der Waals surface area contributed by atoms with Gasteiger partial charge in [0.05, 0.1) is 5.69 Å². The van der Waals surface area contributed by atoms with Crippen LogP contribution in [0.1, 0.15) is 27.4 Å². The maximum absolute atomic E-state index is 13.1. The van der Waals surface area contributed by atoms with Gasteiger partial charge in [0.1, 0.15) is 17.3 Å². The third-order valence-corrected chi connectivity index (χ3v) is 3.64. The number of hydrogen-bond donors (Lipinski definition) is 1. The van der Waals surface area contributed by atoms with Gasteiger partial charge in [0.25, 0.3) is 5.91 Å². The maximum atomic E-state index is 13.1. The Bertz CT molecular complexity index is 688. The summed E-state index contributed by atoms with van der Waals surface area (Å²) in [5.74, 6) is -0.478. The van der Waals surface area contributed by atoms with Crippen molar-refractivity contribution in [3.8, 4) is 0 Å². The van der Waals surface area contributed by atoms with Gasteiger partial charge in [0, 0.05) is 10.2 Å². The van der Waals surface area contributed by atoms with E-state index in [4.69, 9.17) is 0 Å². The van der Waals surface area contributed by atoms with Crippen molar-refractivity contribution in [1.29, 1.82) is 0 Å². The van der Waals surface area contributed by atoms with Crippen LogP contribution in [0.2, 0.25) is 0 Å². The van der Waals surface area contributed by atoms with Crippen LogP contribution in [0.4, 0.5) is 10.2 Å². The Morgan fingerprint density at radius 1 is 1.25 bits per heavy atom. The first kappa shape index (κ1) is 14.6. The molecule has 0 spiro atoms. The molecule has 0 unspecified atom stereocenters. The van der Waals surface area contributed by atoms with E-state index in [9.17, 15) is 9.18 Å². The number of aryl methyl sites for hydroxylation is 2. The van der Waals surface area contributed by atoms with E-state index < -0.39 is 5.82 Å². The molecular weight excluding hydrogens is 325 g/mol. The van der Waals surface area contributed by atoms with E-state index in [1.165, 1.54) is 19.1 Å². The molecule has 0 aliphatic carbocycles. The number of pyridine rings is 2. The van der Waals surface area contributed by atoms with Crippen LogP contribution < -0.4 is 5.32 Å². The number of anilines is 1. The van der Waals surface area contributed by atoms with E-state index >= 15 is 0 Å². The summed E-state index contributed by atoms with van der Waals surface area (Å²) in [4.78, 5) is 20.4. The number of halogens is 2. The number of nitrogens with one attached hydrogen (secondary N) is 1. The summed E-state index contributed by atoms with van der Waals surface area (Å²) >= 11 is 3.39.